The number of benzene rings is 1. The molecule has 1 N–H and O–H groups in total. The number of nitrogens with one attached hydrogen (secondary N) is 1. The largest absolute Gasteiger partial charge is 0.350 e. The predicted molar refractivity (Wildman–Crippen MR) is 103 cm³/mol. The van der Waals surface area contributed by atoms with Gasteiger partial charge in [0.25, 0.3) is 0 Å². The minimum atomic E-state index is -0.323. The van der Waals surface area contributed by atoms with Crippen molar-refractivity contribution in [3.63, 3.8) is 0 Å². The van der Waals surface area contributed by atoms with Gasteiger partial charge in [-0.1, -0.05) is 42.3 Å². The molecule has 0 amide bonds. The Morgan fingerprint density at radius 2 is 2.04 bits per heavy atom. The molecular formula is C21H30ClNO2. The predicted octanol–water partition coefficient (Wildman–Crippen LogP) is 5.26. The molecule has 1 heterocycles. The fraction of sp³-hybridized carbons (Fsp3) is 0.619. The maximum atomic E-state index is 6.38. The molecule has 3 rings (SSSR count). The van der Waals surface area contributed by atoms with Crippen LogP contribution in [0, 0.1) is 5.92 Å². The third kappa shape index (κ3) is 4.65. The van der Waals surface area contributed by atoms with Gasteiger partial charge in [-0.25, -0.2) is 0 Å². The lowest BCUT2D eigenvalue weighted by Gasteiger charge is -2.46. The highest BCUT2D eigenvalue weighted by atomic mass is 35.5. The Morgan fingerprint density at radius 1 is 1.24 bits per heavy atom. The van der Waals surface area contributed by atoms with Gasteiger partial charge in [0.05, 0.1) is 13.2 Å². The lowest BCUT2D eigenvalue weighted by molar-refractivity contribution is -0.306. The Hall–Kier alpha value is -0.870. The minimum Gasteiger partial charge on any atom is -0.350 e. The van der Waals surface area contributed by atoms with E-state index in [1.54, 1.807) is 0 Å². The SMILES string of the molecule is C=CCC(NCCC1CCCCC12OCCCO2)c1ccccc1Cl. The average Bonchev–Trinajstić information content (AvgIpc) is 2.64. The van der Waals surface area contributed by atoms with Crippen molar-refractivity contribution < 1.29 is 9.47 Å². The highest BCUT2D eigenvalue weighted by Crippen LogP contribution is 2.41. The van der Waals surface area contributed by atoms with Crippen molar-refractivity contribution in [1.29, 1.82) is 0 Å². The maximum absolute atomic E-state index is 6.38. The van der Waals surface area contributed by atoms with Gasteiger partial charge in [-0.2, -0.15) is 0 Å². The molecule has 3 nitrogen and oxygen atoms in total. The Labute approximate surface area is 156 Å². The standard InChI is InChI=1S/C21H30ClNO2/c1-2-8-20(18-10-3-4-11-19(18)22)23-14-12-17-9-5-6-13-21(17)24-15-7-16-25-21/h2-4,10-11,17,20,23H,1,5-9,12-16H2. The normalized spacial score (nSPS) is 24.1. The highest BCUT2D eigenvalue weighted by Gasteiger charge is 2.43. The van der Waals surface area contributed by atoms with E-state index in [2.05, 4.69) is 18.0 Å². The van der Waals surface area contributed by atoms with E-state index in [-0.39, 0.29) is 11.8 Å². The van der Waals surface area contributed by atoms with Crippen LogP contribution in [0.15, 0.2) is 36.9 Å². The van der Waals surface area contributed by atoms with Crippen molar-refractivity contribution in [2.24, 2.45) is 5.92 Å². The second-order valence-electron chi connectivity index (χ2n) is 7.15. The molecule has 138 valence electrons. The quantitative estimate of drug-likeness (QED) is 0.670. The third-order valence-electron chi connectivity index (χ3n) is 5.50. The summed E-state index contributed by atoms with van der Waals surface area (Å²) in [6.45, 7) is 6.50. The Morgan fingerprint density at radius 3 is 2.80 bits per heavy atom. The molecular weight excluding hydrogens is 334 g/mol. The molecule has 0 aromatic heterocycles. The van der Waals surface area contributed by atoms with Crippen LogP contribution in [0.4, 0.5) is 0 Å². The van der Waals surface area contributed by atoms with E-state index < -0.39 is 0 Å². The van der Waals surface area contributed by atoms with Crippen LogP contribution in [0.1, 0.15) is 56.6 Å². The lowest BCUT2D eigenvalue weighted by atomic mass is 9.80. The first kappa shape index (κ1) is 18.9. The van der Waals surface area contributed by atoms with E-state index in [0.717, 1.165) is 56.0 Å². The van der Waals surface area contributed by atoms with Crippen LogP contribution in [-0.2, 0) is 9.47 Å². The molecule has 1 aliphatic carbocycles. The molecule has 2 unspecified atom stereocenters. The molecule has 0 radical (unpaired) electrons. The monoisotopic (exact) mass is 363 g/mol. The zero-order chi connectivity index (χ0) is 17.5. The van der Waals surface area contributed by atoms with Gasteiger partial charge in [0.15, 0.2) is 5.79 Å². The van der Waals surface area contributed by atoms with Crippen molar-refractivity contribution in [1.82, 2.24) is 5.32 Å². The highest BCUT2D eigenvalue weighted by molar-refractivity contribution is 6.31. The minimum absolute atomic E-state index is 0.207. The van der Waals surface area contributed by atoms with Gasteiger partial charge in [0.1, 0.15) is 0 Å². The summed E-state index contributed by atoms with van der Waals surface area (Å²) in [5.74, 6) is 0.154. The van der Waals surface area contributed by atoms with Crippen LogP contribution < -0.4 is 5.32 Å². The van der Waals surface area contributed by atoms with Crippen LogP contribution in [0.3, 0.4) is 0 Å². The Kier molecular flexibility index (Phi) is 6.94. The van der Waals surface area contributed by atoms with Crippen LogP contribution in [0.5, 0.6) is 0 Å². The zero-order valence-electron chi connectivity index (χ0n) is 15.0. The number of hydrogen-bond donors (Lipinski definition) is 1. The fourth-order valence-corrected chi connectivity index (χ4v) is 4.46. The first-order valence-electron chi connectivity index (χ1n) is 9.62. The topological polar surface area (TPSA) is 30.5 Å². The maximum Gasteiger partial charge on any atom is 0.171 e. The summed E-state index contributed by atoms with van der Waals surface area (Å²) in [6, 6.07) is 8.27. The molecule has 2 aliphatic rings. The Balaban J connectivity index is 1.59. The van der Waals surface area contributed by atoms with E-state index in [1.165, 1.54) is 19.3 Å². The summed E-state index contributed by atoms with van der Waals surface area (Å²) in [7, 11) is 0. The van der Waals surface area contributed by atoms with Gasteiger partial charge >= 0.3 is 0 Å². The second kappa shape index (κ2) is 9.18. The molecule has 4 heteroatoms. The first-order chi connectivity index (χ1) is 12.2. The smallest absolute Gasteiger partial charge is 0.171 e. The summed E-state index contributed by atoms with van der Waals surface area (Å²) in [4.78, 5) is 0. The van der Waals surface area contributed by atoms with Crippen LogP contribution in [-0.4, -0.2) is 25.5 Å². The number of rotatable bonds is 7. The van der Waals surface area contributed by atoms with Gasteiger partial charge in [0.2, 0.25) is 0 Å². The van der Waals surface area contributed by atoms with Crippen molar-refractivity contribution in [3.8, 4) is 0 Å². The van der Waals surface area contributed by atoms with Gasteiger partial charge in [-0.05, 0) is 50.3 Å². The summed E-state index contributed by atoms with van der Waals surface area (Å²) in [6.07, 6.45) is 9.63. The summed E-state index contributed by atoms with van der Waals surface area (Å²) < 4.78 is 12.3. The molecule has 2 fully saturated rings. The lowest BCUT2D eigenvalue weighted by Crippen LogP contribution is -2.49. The average molecular weight is 364 g/mol. The molecule has 0 bridgehead atoms. The first-order valence-corrected chi connectivity index (χ1v) is 9.99. The third-order valence-corrected chi connectivity index (χ3v) is 5.84. The Bertz CT molecular complexity index is 548. The number of hydrogen-bond acceptors (Lipinski definition) is 3. The molecule has 1 aromatic rings. The van der Waals surface area contributed by atoms with Gasteiger partial charge in [0, 0.05) is 23.4 Å². The van der Waals surface area contributed by atoms with Crippen molar-refractivity contribution in [2.75, 3.05) is 19.8 Å². The van der Waals surface area contributed by atoms with Gasteiger partial charge in [-0.3, -0.25) is 0 Å². The summed E-state index contributed by atoms with van der Waals surface area (Å²) in [5.41, 5.74) is 1.15. The second-order valence-corrected chi connectivity index (χ2v) is 7.55. The van der Waals surface area contributed by atoms with Crippen LogP contribution in [0.2, 0.25) is 5.02 Å². The van der Waals surface area contributed by atoms with Crippen molar-refractivity contribution in [2.45, 2.75) is 56.8 Å². The summed E-state index contributed by atoms with van der Waals surface area (Å²) >= 11 is 6.38. The zero-order valence-corrected chi connectivity index (χ0v) is 15.8. The van der Waals surface area contributed by atoms with Crippen molar-refractivity contribution >= 4 is 11.6 Å². The molecule has 1 aliphatic heterocycles. The molecule has 2 atom stereocenters. The van der Waals surface area contributed by atoms with E-state index in [1.807, 2.05) is 24.3 Å². The molecule has 1 spiro atoms. The van der Waals surface area contributed by atoms with E-state index in [9.17, 15) is 0 Å². The van der Waals surface area contributed by atoms with Crippen LogP contribution in [0.25, 0.3) is 0 Å². The van der Waals surface area contributed by atoms with E-state index >= 15 is 0 Å². The molecule has 1 saturated heterocycles. The molecule has 25 heavy (non-hydrogen) atoms. The van der Waals surface area contributed by atoms with Crippen LogP contribution >= 0.6 is 11.6 Å². The number of ether oxygens (including phenoxy) is 2. The fourth-order valence-electron chi connectivity index (χ4n) is 4.20. The number of halogens is 1. The van der Waals surface area contributed by atoms with Crippen molar-refractivity contribution in [3.05, 3.63) is 47.5 Å². The van der Waals surface area contributed by atoms with E-state index in [4.69, 9.17) is 21.1 Å². The van der Waals surface area contributed by atoms with Gasteiger partial charge in [-0.15, -0.1) is 6.58 Å². The molecule has 1 aromatic carbocycles. The van der Waals surface area contributed by atoms with Gasteiger partial charge < -0.3 is 14.8 Å². The van der Waals surface area contributed by atoms with E-state index in [0.29, 0.717) is 5.92 Å². The summed E-state index contributed by atoms with van der Waals surface area (Å²) in [5, 5.41) is 4.50. The molecule has 1 saturated carbocycles.